The molecule has 0 saturated carbocycles. The molecule has 1 N–H and O–H groups in total. The first-order chi connectivity index (χ1) is 9.15. The molecule has 1 aromatic carbocycles. The van der Waals surface area contributed by atoms with Gasteiger partial charge in [0.15, 0.2) is 5.78 Å². The Balaban J connectivity index is 1.89. The first-order valence-electron chi connectivity index (χ1n) is 6.30. The van der Waals surface area contributed by atoms with E-state index in [4.69, 9.17) is 0 Å². The van der Waals surface area contributed by atoms with Crippen LogP contribution in [0, 0.1) is 0 Å². The number of nitrogens with zero attached hydrogens (tertiary/aromatic N) is 3. The van der Waals surface area contributed by atoms with E-state index in [9.17, 15) is 9.82 Å². The number of ketones is 1. The number of carbonyl (C=O) groups is 1. The van der Waals surface area contributed by atoms with Crippen LogP contribution in [-0.2, 0) is 12.9 Å². The lowest BCUT2D eigenvalue weighted by Crippen LogP contribution is -2.16. The maximum absolute atomic E-state index is 11.9. The van der Waals surface area contributed by atoms with E-state index in [1.165, 1.54) is 0 Å². The number of benzene rings is 1. The molecule has 2 rings (SSSR count). The molecule has 0 aliphatic carbocycles. The number of Topliss-reactive ketones (excluding diaryl/α,β-unsaturated/α-hetero) is 1. The Labute approximate surface area is 112 Å². The van der Waals surface area contributed by atoms with Gasteiger partial charge in [0.1, 0.15) is 0 Å². The van der Waals surface area contributed by atoms with E-state index >= 15 is 0 Å². The van der Waals surface area contributed by atoms with Crippen molar-refractivity contribution in [3.05, 3.63) is 47.8 Å². The van der Waals surface area contributed by atoms with Crippen LogP contribution in [0.4, 0.5) is 0 Å². The van der Waals surface area contributed by atoms with Crippen molar-refractivity contribution in [2.75, 3.05) is 0 Å². The van der Waals surface area contributed by atoms with Gasteiger partial charge in [-0.3, -0.25) is 9.48 Å². The van der Waals surface area contributed by atoms with Crippen molar-refractivity contribution in [2.45, 2.75) is 26.1 Å². The number of hydrogen-bond acceptors (Lipinski definition) is 4. The molecule has 2 aromatic rings. The Hall–Kier alpha value is -1.95. The highest BCUT2D eigenvalue weighted by Crippen LogP contribution is 2.06. The summed E-state index contributed by atoms with van der Waals surface area (Å²) in [6, 6.07) is 9.22. The Bertz CT molecular complexity index is 540. The predicted molar refractivity (Wildman–Crippen MR) is 73.0 cm³/mol. The van der Waals surface area contributed by atoms with Crippen molar-refractivity contribution >= 4 is 12.7 Å². The number of aromatic nitrogens is 3. The molecule has 0 saturated heterocycles. The van der Waals surface area contributed by atoms with E-state index in [-0.39, 0.29) is 5.78 Å². The fourth-order valence-electron chi connectivity index (χ4n) is 1.82. The zero-order valence-electron chi connectivity index (χ0n) is 10.9. The summed E-state index contributed by atoms with van der Waals surface area (Å²) in [4.78, 5) is 11.9. The third-order valence-electron chi connectivity index (χ3n) is 2.74. The molecule has 0 radical (unpaired) electrons. The van der Waals surface area contributed by atoms with Gasteiger partial charge in [0.25, 0.3) is 0 Å². The zero-order valence-corrected chi connectivity index (χ0v) is 10.9. The lowest BCUT2D eigenvalue weighted by molar-refractivity contribution is 0.0982. The lowest BCUT2D eigenvalue weighted by atomic mass is 9.72. The molecule has 0 fully saturated rings. The van der Waals surface area contributed by atoms with E-state index in [2.05, 4.69) is 10.3 Å². The molecule has 5 nitrogen and oxygen atoms in total. The van der Waals surface area contributed by atoms with E-state index in [0.29, 0.717) is 19.3 Å². The molecule has 98 valence electrons. The standard InChI is InChI=1S/C13H16BN3O2/c1-14(19)10-17-9-12(15-16-17)7-8-13(18)11-5-3-2-4-6-11/h2-6,9,19H,7-8,10H2,1H3. The molecular formula is C13H16BN3O2. The summed E-state index contributed by atoms with van der Waals surface area (Å²) in [6.07, 6.45) is 3.16. The molecular weight excluding hydrogens is 241 g/mol. The minimum atomic E-state index is -0.458. The molecule has 0 unspecified atom stereocenters. The van der Waals surface area contributed by atoms with E-state index < -0.39 is 6.92 Å². The maximum Gasteiger partial charge on any atom is 0.308 e. The highest BCUT2D eigenvalue weighted by Gasteiger charge is 2.09. The molecule has 0 aliphatic rings. The topological polar surface area (TPSA) is 68.0 Å². The van der Waals surface area contributed by atoms with Crippen molar-refractivity contribution in [1.29, 1.82) is 0 Å². The van der Waals surface area contributed by atoms with E-state index in [1.807, 2.05) is 30.3 Å². The van der Waals surface area contributed by atoms with Gasteiger partial charge < -0.3 is 5.02 Å². The van der Waals surface area contributed by atoms with Crippen LogP contribution in [0.2, 0.25) is 6.82 Å². The zero-order chi connectivity index (χ0) is 13.7. The van der Waals surface area contributed by atoms with Crippen molar-refractivity contribution < 1.29 is 9.82 Å². The quantitative estimate of drug-likeness (QED) is 0.624. The average Bonchev–Trinajstić information content (AvgIpc) is 2.84. The monoisotopic (exact) mass is 257 g/mol. The van der Waals surface area contributed by atoms with Gasteiger partial charge >= 0.3 is 6.92 Å². The van der Waals surface area contributed by atoms with Gasteiger partial charge in [-0.25, -0.2) is 0 Å². The van der Waals surface area contributed by atoms with Gasteiger partial charge in [-0.1, -0.05) is 42.4 Å². The van der Waals surface area contributed by atoms with E-state index in [0.717, 1.165) is 11.3 Å². The Kier molecular flexibility index (Phi) is 4.46. The average molecular weight is 257 g/mol. The second-order valence-corrected chi connectivity index (χ2v) is 4.57. The van der Waals surface area contributed by atoms with Crippen LogP contribution in [0.15, 0.2) is 36.5 Å². The number of hydrogen-bond donors (Lipinski definition) is 1. The van der Waals surface area contributed by atoms with Gasteiger partial charge in [0.2, 0.25) is 0 Å². The van der Waals surface area contributed by atoms with Gasteiger partial charge in [-0.05, 0) is 0 Å². The van der Waals surface area contributed by atoms with Crippen LogP contribution >= 0.6 is 0 Å². The summed E-state index contributed by atoms with van der Waals surface area (Å²) in [6.45, 7) is 1.24. The summed E-state index contributed by atoms with van der Waals surface area (Å²) in [5, 5.41) is 17.1. The summed E-state index contributed by atoms with van der Waals surface area (Å²) in [7, 11) is 0. The summed E-state index contributed by atoms with van der Waals surface area (Å²) >= 11 is 0. The largest absolute Gasteiger partial charge is 0.449 e. The smallest absolute Gasteiger partial charge is 0.308 e. The fourth-order valence-corrected chi connectivity index (χ4v) is 1.82. The van der Waals surface area contributed by atoms with Crippen LogP contribution < -0.4 is 0 Å². The number of aryl methyl sites for hydroxylation is 1. The van der Waals surface area contributed by atoms with Gasteiger partial charge in [-0.2, -0.15) is 0 Å². The third kappa shape index (κ3) is 4.03. The molecule has 0 bridgehead atoms. The van der Waals surface area contributed by atoms with Crippen molar-refractivity contribution in [2.24, 2.45) is 0 Å². The molecule has 0 spiro atoms. The molecule has 19 heavy (non-hydrogen) atoms. The fraction of sp³-hybridized carbons (Fsp3) is 0.308. The lowest BCUT2D eigenvalue weighted by Gasteiger charge is -1.99. The van der Waals surface area contributed by atoms with Crippen molar-refractivity contribution in [3.8, 4) is 0 Å². The van der Waals surface area contributed by atoms with Gasteiger partial charge in [0, 0.05) is 31.0 Å². The third-order valence-corrected chi connectivity index (χ3v) is 2.74. The highest BCUT2D eigenvalue weighted by atomic mass is 16.2. The molecule has 6 heteroatoms. The SMILES string of the molecule is CB(O)Cn1cc(CCC(=O)c2ccccc2)nn1. The molecule has 0 atom stereocenters. The Morgan fingerprint density at radius 3 is 2.79 bits per heavy atom. The summed E-state index contributed by atoms with van der Waals surface area (Å²) in [5.74, 6) is 0.102. The van der Waals surface area contributed by atoms with Crippen LogP contribution in [0.3, 0.4) is 0 Å². The number of rotatable bonds is 6. The van der Waals surface area contributed by atoms with E-state index in [1.54, 1.807) is 17.7 Å². The minimum absolute atomic E-state index is 0.102. The number of carbonyl (C=O) groups excluding carboxylic acids is 1. The summed E-state index contributed by atoms with van der Waals surface area (Å²) < 4.78 is 1.59. The molecule has 1 heterocycles. The van der Waals surface area contributed by atoms with Crippen molar-refractivity contribution in [3.63, 3.8) is 0 Å². The maximum atomic E-state index is 11.9. The van der Waals surface area contributed by atoms with Crippen LogP contribution in [0.5, 0.6) is 0 Å². The normalized spacial score (nSPS) is 10.4. The van der Waals surface area contributed by atoms with Crippen LogP contribution in [0.1, 0.15) is 22.5 Å². The molecule has 0 amide bonds. The molecule has 1 aromatic heterocycles. The Morgan fingerprint density at radius 1 is 1.37 bits per heavy atom. The second-order valence-electron chi connectivity index (χ2n) is 4.57. The first kappa shape index (κ1) is 13.5. The van der Waals surface area contributed by atoms with Crippen LogP contribution in [0.25, 0.3) is 0 Å². The summed E-state index contributed by atoms with van der Waals surface area (Å²) in [5.41, 5.74) is 1.49. The Morgan fingerprint density at radius 2 is 2.11 bits per heavy atom. The van der Waals surface area contributed by atoms with Crippen LogP contribution in [-0.4, -0.2) is 32.7 Å². The molecule has 0 aliphatic heterocycles. The highest BCUT2D eigenvalue weighted by molar-refractivity contribution is 6.47. The van der Waals surface area contributed by atoms with Gasteiger partial charge in [0.05, 0.1) is 5.69 Å². The first-order valence-corrected chi connectivity index (χ1v) is 6.30. The second kappa shape index (κ2) is 6.29. The van der Waals surface area contributed by atoms with Crippen molar-refractivity contribution in [1.82, 2.24) is 15.0 Å². The predicted octanol–water partition coefficient (Wildman–Crippen LogP) is 1.25. The van der Waals surface area contributed by atoms with Gasteiger partial charge in [-0.15, -0.1) is 5.10 Å². The minimum Gasteiger partial charge on any atom is -0.449 e.